The minimum absolute atomic E-state index is 0.0444. The van der Waals surface area contributed by atoms with Gasteiger partial charge in [-0.2, -0.15) is 5.26 Å². The van der Waals surface area contributed by atoms with Crippen LogP contribution in [0.15, 0.2) is 60.3 Å². The molecule has 23 heavy (non-hydrogen) atoms. The molecule has 4 nitrogen and oxygen atoms in total. The SMILES string of the molecule is N#C/C(=C/Nc1cc(Cl)cc(Cl)c1)C(=O)NCc1ccccc1. The highest BCUT2D eigenvalue weighted by Crippen LogP contribution is 2.22. The summed E-state index contributed by atoms with van der Waals surface area (Å²) in [5.41, 5.74) is 1.50. The Morgan fingerprint density at radius 3 is 2.39 bits per heavy atom. The third-order valence-electron chi connectivity index (χ3n) is 2.91. The summed E-state index contributed by atoms with van der Waals surface area (Å²) >= 11 is 11.8. The summed E-state index contributed by atoms with van der Waals surface area (Å²) in [7, 11) is 0. The molecule has 0 heterocycles. The number of hydrogen-bond acceptors (Lipinski definition) is 3. The van der Waals surface area contributed by atoms with E-state index in [1.807, 2.05) is 36.4 Å². The van der Waals surface area contributed by atoms with Gasteiger partial charge in [-0.15, -0.1) is 0 Å². The minimum atomic E-state index is -0.461. The Balaban J connectivity index is 2.00. The molecule has 2 N–H and O–H groups in total. The van der Waals surface area contributed by atoms with Crippen LogP contribution in [-0.4, -0.2) is 5.91 Å². The second-order valence-electron chi connectivity index (χ2n) is 4.64. The van der Waals surface area contributed by atoms with Gasteiger partial charge in [0.05, 0.1) is 0 Å². The Morgan fingerprint density at radius 2 is 1.78 bits per heavy atom. The molecule has 0 saturated heterocycles. The molecule has 2 aromatic carbocycles. The molecular weight excluding hydrogens is 333 g/mol. The van der Waals surface area contributed by atoms with E-state index in [0.717, 1.165) is 5.56 Å². The lowest BCUT2D eigenvalue weighted by molar-refractivity contribution is -0.117. The van der Waals surface area contributed by atoms with Crippen molar-refractivity contribution in [3.05, 3.63) is 75.9 Å². The predicted molar refractivity (Wildman–Crippen MR) is 92.1 cm³/mol. The highest BCUT2D eigenvalue weighted by molar-refractivity contribution is 6.35. The van der Waals surface area contributed by atoms with Gasteiger partial charge >= 0.3 is 0 Å². The number of amides is 1. The molecule has 2 rings (SSSR count). The standard InChI is InChI=1S/C17H13Cl2N3O/c18-14-6-15(19)8-16(7-14)21-11-13(9-20)17(23)22-10-12-4-2-1-3-5-12/h1-8,11,21H,10H2,(H,22,23)/b13-11-. The molecule has 6 heteroatoms. The van der Waals surface area contributed by atoms with Crippen LogP contribution < -0.4 is 10.6 Å². The van der Waals surface area contributed by atoms with Crippen molar-refractivity contribution < 1.29 is 4.79 Å². The smallest absolute Gasteiger partial charge is 0.263 e. The fraction of sp³-hybridized carbons (Fsp3) is 0.0588. The number of anilines is 1. The van der Waals surface area contributed by atoms with Gasteiger partial charge in [0.25, 0.3) is 5.91 Å². The lowest BCUT2D eigenvalue weighted by Crippen LogP contribution is -2.24. The van der Waals surface area contributed by atoms with Crippen molar-refractivity contribution in [2.24, 2.45) is 0 Å². The molecule has 0 fully saturated rings. The lowest BCUT2D eigenvalue weighted by atomic mass is 10.2. The number of hydrogen-bond donors (Lipinski definition) is 2. The fourth-order valence-electron chi connectivity index (χ4n) is 1.81. The molecule has 2 aromatic rings. The van der Waals surface area contributed by atoms with Crippen LogP contribution in [0.3, 0.4) is 0 Å². The Hall–Kier alpha value is -2.48. The van der Waals surface area contributed by atoms with Gasteiger partial charge in [0, 0.05) is 28.5 Å². The molecule has 0 aliphatic carbocycles. The van der Waals surface area contributed by atoms with E-state index in [-0.39, 0.29) is 5.57 Å². The first-order chi connectivity index (χ1) is 11.1. The summed E-state index contributed by atoms with van der Waals surface area (Å²) in [6.07, 6.45) is 1.32. The van der Waals surface area contributed by atoms with Crippen LogP contribution in [0.4, 0.5) is 5.69 Å². The van der Waals surface area contributed by atoms with Gasteiger partial charge in [-0.3, -0.25) is 4.79 Å². The molecular formula is C17H13Cl2N3O. The Morgan fingerprint density at radius 1 is 1.13 bits per heavy atom. The summed E-state index contributed by atoms with van der Waals surface area (Å²) in [5.74, 6) is -0.461. The molecule has 0 aliphatic rings. The van der Waals surface area contributed by atoms with Crippen molar-refractivity contribution in [1.82, 2.24) is 5.32 Å². The summed E-state index contributed by atoms with van der Waals surface area (Å²) < 4.78 is 0. The quantitative estimate of drug-likeness (QED) is 0.632. The van der Waals surface area contributed by atoms with Crippen molar-refractivity contribution in [3.8, 4) is 6.07 Å². The van der Waals surface area contributed by atoms with Crippen molar-refractivity contribution in [3.63, 3.8) is 0 Å². The number of halogens is 2. The van der Waals surface area contributed by atoms with Crippen LogP contribution in [0, 0.1) is 11.3 Å². The normalized spacial score (nSPS) is 10.7. The zero-order valence-electron chi connectivity index (χ0n) is 12.0. The first-order valence-corrected chi connectivity index (χ1v) is 7.49. The average molecular weight is 346 g/mol. The number of nitrogens with one attached hydrogen (secondary N) is 2. The van der Waals surface area contributed by atoms with Crippen LogP contribution in [0.5, 0.6) is 0 Å². The third kappa shape index (κ3) is 5.33. The second-order valence-corrected chi connectivity index (χ2v) is 5.51. The topological polar surface area (TPSA) is 64.9 Å². The maximum atomic E-state index is 12.0. The summed E-state index contributed by atoms with van der Waals surface area (Å²) in [6.45, 7) is 0.349. The van der Waals surface area contributed by atoms with E-state index in [2.05, 4.69) is 10.6 Å². The zero-order chi connectivity index (χ0) is 16.7. The first-order valence-electron chi connectivity index (χ1n) is 6.73. The first kappa shape index (κ1) is 16.9. The number of nitriles is 1. The molecule has 0 spiro atoms. The molecule has 0 atom stereocenters. The highest BCUT2D eigenvalue weighted by atomic mass is 35.5. The van der Waals surface area contributed by atoms with E-state index in [0.29, 0.717) is 22.3 Å². The van der Waals surface area contributed by atoms with E-state index in [1.54, 1.807) is 18.2 Å². The summed E-state index contributed by atoms with van der Waals surface area (Å²) in [4.78, 5) is 12.0. The van der Waals surface area contributed by atoms with Crippen LogP contribution >= 0.6 is 23.2 Å². The molecule has 0 unspecified atom stereocenters. The second kappa shape index (κ2) is 8.23. The molecule has 0 bridgehead atoms. The van der Waals surface area contributed by atoms with Crippen molar-refractivity contribution in [2.45, 2.75) is 6.54 Å². The zero-order valence-corrected chi connectivity index (χ0v) is 13.5. The number of rotatable bonds is 5. The van der Waals surface area contributed by atoms with Gasteiger partial charge in [-0.1, -0.05) is 53.5 Å². The van der Waals surface area contributed by atoms with Crippen molar-refractivity contribution in [2.75, 3.05) is 5.32 Å². The average Bonchev–Trinajstić information content (AvgIpc) is 2.53. The largest absolute Gasteiger partial charge is 0.360 e. The Bertz CT molecular complexity index is 747. The molecule has 116 valence electrons. The minimum Gasteiger partial charge on any atom is -0.360 e. The van der Waals surface area contributed by atoms with E-state index >= 15 is 0 Å². The van der Waals surface area contributed by atoms with E-state index in [9.17, 15) is 4.79 Å². The lowest BCUT2D eigenvalue weighted by Gasteiger charge is -2.06. The van der Waals surface area contributed by atoms with Gasteiger partial charge < -0.3 is 10.6 Å². The molecule has 0 aromatic heterocycles. The van der Waals surface area contributed by atoms with E-state index in [1.165, 1.54) is 6.20 Å². The summed E-state index contributed by atoms with van der Waals surface area (Å²) in [6, 6.07) is 16.2. The predicted octanol–water partition coefficient (Wildman–Crippen LogP) is 4.13. The molecule has 1 amide bonds. The Labute approximate surface area is 144 Å². The number of nitrogens with zero attached hydrogens (tertiary/aromatic N) is 1. The van der Waals surface area contributed by atoms with Crippen LogP contribution in [0.2, 0.25) is 10.0 Å². The fourth-order valence-corrected chi connectivity index (χ4v) is 2.34. The number of carbonyl (C=O) groups excluding carboxylic acids is 1. The van der Waals surface area contributed by atoms with Crippen LogP contribution in [0.25, 0.3) is 0 Å². The van der Waals surface area contributed by atoms with Gasteiger partial charge in [0.2, 0.25) is 0 Å². The monoisotopic (exact) mass is 345 g/mol. The van der Waals surface area contributed by atoms with E-state index < -0.39 is 5.91 Å². The number of carbonyl (C=O) groups is 1. The summed E-state index contributed by atoms with van der Waals surface area (Å²) in [5, 5.41) is 15.6. The molecule has 0 aliphatic heterocycles. The number of benzene rings is 2. The maximum absolute atomic E-state index is 12.0. The van der Waals surface area contributed by atoms with Crippen LogP contribution in [-0.2, 0) is 11.3 Å². The Kier molecular flexibility index (Phi) is 6.04. The molecule has 0 saturated carbocycles. The van der Waals surface area contributed by atoms with Gasteiger partial charge in [-0.25, -0.2) is 0 Å². The van der Waals surface area contributed by atoms with E-state index in [4.69, 9.17) is 28.5 Å². The highest BCUT2D eigenvalue weighted by Gasteiger charge is 2.08. The molecule has 0 radical (unpaired) electrons. The van der Waals surface area contributed by atoms with Gasteiger partial charge in [0.1, 0.15) is 11.6 Å². The van der Waals surface area contributed by atoms with Crippen molar-refractivity contribution >= 4 is 34.8 Å². The third-order valence-corrected chi connectivity index (χ3v) is 3.34. The van der Waals surface area contributed by atoms with Crippen LogP contribution in [0.1, 0.15) is 5.56 Å². The van der Waals surface area contributed by atoms with Gasteiger partial charge in [0.15, 0.2) is 0 Å². The maximum Gasteiger partial charge on any atom is 0.263 e. The van der Waals surface area contributed by atoms with Gasteiger partial charge in [-0.05, 0) is 23.8 Å². The van der Waals surface area contributed by atoms with Crippen molar-refractivity contribution in [1.29, 1.82) is 5.26 Å².